The summed E-state index contributed by atoms with van der Waals surface area (Å²) >= 11 is 0. The first kappa shape index (κ1) is 14.0. The van der Waals surface area contributed by atoms with Crippen LogP contribution in [0.25, 0.3) is 0 Å². The van der Waals surface area contributed by atoms with Crippen molar-refractivity contribution in [2.45, 2.75) is 13.0 Å². The second-order valence-corrected chi connectivity index (χ2v) is 4.29. The van der Waals surface area contributed by atoms with Crippen molar-refractivity contribution in [3.8, 4) is 0 Å². The van der Waals surface area contributed by atoms with E-state index in [-0.39, 0.29) is 18.1 Å². The molecule has 104 valence electrons. The Morgan fingerprint density at radius 3 is 2.80 bits per heavy atom. The third-order valence-corrected chi connectivity index (χ3v) is 2.75. The molecule has 1 heterocycles. The van der Waals surface area contributed by atoms with Crippen LogP contribution in [0.4, 0.5) is 10.1 Å². The molecule has 0 radical (unpaired) electrons. The molecule has 2 N–H and O–H groups in total. The Labute approximate surface area is 117 Å². The van der Waals surface area contributed by atoms with E-state index in [0.717, 1.165) is 5.56 Å². The van der Waals surface area contributed by atoms with Crippen LogP contribution in [0.15, 0.2) is 48.8 Å². The zero-order chi connectivity index (χ0) is 14.2. The van der Waals surface area contributed by atoms with Crippen molar-refractivity contribution in [1.82, 2.24) is 10.3 Å². The monoisotopic (exact) mass is 273 g/mol. The maximum Gasteiger partial charge on any atom is 0.222 e. The second kappa shape index (κ2) is 7.23. The van der Waals surface area contributed by atoms with Gasteiger partial charge in [-0.05, 0) is 23.8 Å². The summed E-state index contributed by atoms with van der Waals surface area (Å²) in [6, 6.07) is 10.1. The number of hydrogen-bond donors (Lipinski definition) is 2. The Kier molecular flexibility index (Phi) is 5.06. The number of hydrogen-bond acceptors (Lipinski definition) is 3. The number of carbonyl (C=O) groups is 1. The maximum atomic E-state index is 13.3. The number of aromatic nitrogens is 1. The molecular weight excluding hydrogens is 257 g/mol. The van der Waals surface area contributed by atoms with Gasteiger partial charge in [-0.25, -0.2) is 4.39 Å². The number of nitrogens with zero attached hydrogens (tertiary/aromatic N) is 1. The predicted molar refractivity (Wildman–Crippen MR) is 75.6 cm³/mol. The molecule has 0 atom stereocenters. The van der Waals surface area contributed by atoms with Crippen molar-refractivity contribution >= 4 is 11.6 Å². The van der Waals surface area contributed by atoms with Crippen molar-refractivity contribution in [1.29, 1.82) is 0 Å². The molecule has 1 amide bonds. The SMILES string of the molecule is O=C(CCNc1ccccc1F)NCc1cccnc1. The van der Waals surface area contributed by atoms with Gasteiger partial charge < -0.3 is 10.6 Å². The van der Waals surface area contributed by atoms with Crippen molar-refractivity contribution in [3.63, 3.8) is 0 Å². The van der Waals surface area contributed by atoms with Gasteiger partial charge in [0.15, 0.2) is 0 Å². The molecule has 0 aliphatic rings. The Balaban J connectivity index is 1.69. The van der Waals surface area contributed by atoms with Crippen LogP contribution < -0.4 is 10.6 Å². The second-order valence-electron chi connectivity index (χ2n) is 4.29. The van der Waals surface area contributed by atoms with Crippen LogP contribution in [-0.2, 0) is 11.3 Å². The maximum absolute atomic E-state index is 13.3. The fraction of sp³-hybridized carbons (Fsp3) is 0.200. The topological polar surface area (TPSA) is 54.0 Å². The van der Waals surface area contributed by atoms with Crippen molar-refractivity contribution in [2.75, 3.05) is 11.9 Å². The third-order valence-electron chi connectivity index (χ3n) is 2.75. The highest BCUT2D eigenvalue weighted by molar-refractivity contribution is 5.76. The summed E-state index contributed by atoms with van der Waals surface area (Å²) in [5.41, 5.74) is 1.36. The highest BCUT2D eigenvalue weighted by Gasteiger charge is 2.03. The van der Waals surface area contributed by atoms with Crippen LogP contribution in [0.2, 0.25) is 0 Å². The Bertz CT molecular complexity index is 560. The summed E-state index contributed by atoms with van der Waals surface area (Å²) in [5, 5.41) is 5.68. The average Bonchev–Trinajstić information content (AvgIpc) is 2.48. The quantitative estimate of drug-likeness (QED) is 0.849. The summed E-state index contributed by atoms with van der Waals surface area (Å²) in [4.78, 5) is 15.6. The Hall–Kier alpha value is -2.43. The lowest BCUT2D eigenvalue weighted by molar-refractivity contribution is -0.121. The number of nitrogens with one attached hydrogen (secondary N) is 2. The Morgan fingerprint density at radius 1 is 1.20 bits per heavy atom. The summed E-state index contributed by atoms with van der Waals surface area (Å²) in [7, 11) is 0. The van der Waals surface area contributed by atoms with E-state index >= 15 is 0 Å². The molecule has 20 heavy (non-hydrogen) atoms. The van der Waals surface area contributed by atoms with E-state index in [2.05, 4.69) is 15.6 Å². The summed E-state index contributed by atoms with van der Waals surface area (Å²) in [6.45, 7) is 0.839. The summed E-state index contributed by atoms with van der Waals surface area (Å²) in [5.74, 6) is -0.402. The average molecular weight is 273 g/mol. The third kappa shape index (κ3) is 4.35. The normalized spacial score (nSPS) is 10.1. The lowest BCUT2D eigenvalue weighted by Gasteiger charge is -2.08. The smallest absolute Gasteiger partial charge is 0.222 e. The van der Waals surface area contributed by atoms with E-state index in [0.29, 0.717) is 18.8 Å². The highest BCUT2D eigenvalue weighted by Crippen LogP contribution is 2.11. The number of anilines is 1. The largest absolute Gasteiger partial charge is 0.382 e. The fourth-order valence-corrected chi connectivity index (χ4v) is 1.71. The molecule has 0 fully saturated rings. The fourth-order valence-electron chi connectivity index (χ4n) is 1.71. The van der Waals surface area contributed by atoms with E-state index in [1.165, 1.54) is 6.07 Å². The van der Waals surface area contributed by atoms with Gasteiger partial charge in [-0.3, -0.25) is 9.78 Å². The molecule has 2 aromatic rings. The molecule has 2 rings (SSSR count). The Morgan fingerprint density at radius 2 is 2.05 bits per heavy atom. The molecule has 5 heteroatoms. The molecule has 4 nitrogen and oxygen atoms in total. The van der Waals surface area contributed by atoms with Crippen LogP contribution in [0.1, 0.15) is 12.0 Å². The molecule has 0 spiro atoms. The summed E-state index contributed by atoms with van der Waals surface area (Å²) < 4.78 is 13.3. The summed E-state index contributed by atoms with van der Waals surface area (Å²) in [6.07, 6.45) is 3.68. The van der Waals surface area contributed by atoms with E-state index in [1.807, 2.05) is 12.1 Å². The number of pyridine rings is 1. The van der Waals surface area contributed by atoms with E-state index in [1.54, 1.807) is 30.6 Å². The molecule has 1 aromatic heterocycles. The molecule has 0 unspecified atom stereocenters. The molecule has 0 aliphatic heterocycles. The van der Waals surface area contributed by atoms with Gasteiger partial charge in [-0.1, -0.05) is 18.2 Å². The molecule has 0 bridgehead atoms. The van der Waals surface area contributed by atoms with Crippen LogP contribution in [-0.4, -0.2) is 17.4 Å². The lowest BCUT2D eigenvalue weighted by Crippen LogP contribution is -2.25. The minimum absolute atomic E-state index is 0.0855. The lowest BCUT2D eigenvalue weighted by atomic mass is 10.2. The molecule has 0 aliphatic carbocycles. The van der Waals surface area contributed by atoms with Gasteiger partial charge in [0.2, 0.25) is 5.91 Å². The predicted octanol–water partition coefficient (Wildman–Crippen LogP) is 2.34. The number of carbonyl (C=O) groups excluding carboxylic acids is 1. The van der Waals surface area contributed by atoms with Crippen molar-refractivity contribution < 1.29 is 9.18 Å². The minimum Gasteiger partial charge on any atom is -0.382 e. The van der Waals surface area contributed by atoms with Crippen molar-refractivity contribution in [2.24, 2.45) is 0 Å². The molecular formula is C15H16FN3O. The zero-order valence-corrected chi connectivity index (χ0v) is 11.0. The first-order valence-electron chi connectivity index (χ1n) is 6.40. The number of para-hydroxylation sites is 1. The first-order valence-corrected chi connectivity index (χ1v) is 6.40. The van der Waals surface area contributed by atoms with Crippen molar-refractivity contribution in [3.05, 3.63) is 60.2 Å². The van der Waals surface area contributed by atoms with Crippen LogP contribution >= 0.6 is 0 Å². The van der Waals surface area contributed by atoms with Crippen LogP contribution in [0, 0.1) is 5.82 Å². The van der Waals surface area contributed by atoms with Gasteiger partial charge in [-0.15, -0.1) is 0 Å². The number of amides is 1. The zero-order valence-electron chi connectivity index (χ0n) is 11.0. The van der Waals surface area contributed by atoms with Gasteiger partial charge in [0.05, 0.1) is 5.69 Å². The van der Waals surface area contributed by atoms with Crippen LogP contribution in [0.5, 0.6) is 0 Å². The van der Waals surface area contributed by atoms with Gasteiger partial charge >= 0.3 is 0 Å². The van der Waals surface area contributed by atoms with Gasteiger partial charge in [0.1, 0.15) is 5.82 Å². The van der Waals surface area contributed by atoms with E-state index in [9.17, 15) is 9.18 Å². The highest BCUT2D eigenvalue weighted by atomic mass is 19.1. The number of benzene rings is 1. The first-order chi connectivity index (χ1) is 9.75. The number of halogens is 1. The minimum atomic E-state index is -0.316. The molecule has 0 saturated heterocycles. The van der Waals surface area contributed by atoms with Gasteiger partial charge in [-0.2, -0.15) is 0 Å². The molecule has 0 saturated carbocycles. The van der Waals surface area contributed by atoms with E-state index < -0.39 is 0 Å². The van der Waals surface area contributed by atoms with Gasteiger partial charge in [0.25, 0.3) is 0 Å². The standard InChI is InChI=1S/C15H16FN3O/c16-13-5-1-2-6-14(13)18-9-7-15(20)19-11-12-4-3-8-17-10-12/h1-6,8,10,18H,7,9,11H2,(H,19,20). The van der Waals surface area contributed by atoms with E-state index in [4.69, 9.17) is 0 Å². The van der Waals surface area contributed by atoms with Gasteiger partial charge in [0, 0.05) is 31.9 Å². The molecule has 1 aromatic carbocycles. The van der Waals surface area contributed by atoms with Crippen LogP contribution in [0.3, 0.4) is 0 Å². The number of rotatable bonds is 6.